The van der Waals surface area contributed by atoms with Crippen LogP contribution in [-0.2, 0) is 6.54 Å². The molecular weight excluding hydrogens is 330 g/mol. The van der Waals surface area contributed by atoms with Gasteiger partial charge in [-0.3, -0.25) is 0 Å². The Balaban J connectivity index is 1.93. The SMILES string of the molecule is CC(CO)(CO)NCc1scc2c3ccccc3c3ccccc3c12. The van der Waals surface area contributed by atoms with E-state index < -0.39 is 5.54 Å². The Morgan fingerprint density at radius 3 is 1.96 bits per heavy atom. The van der Waals surface area contributed by atoms with Crippen molar-refractivity contribution in [2.45, 2.75) is 19.0 Å². The highest BCUT2D eigenvalue weighted by molar-refractivity contribution is 7.12. The Morgan fingerprint density at radius 1 is 0.840 bits per heavy atom. The molecule has 3 N–H and O–H groups in total. The van der Waals surface area contributed by atoms with Crippen molar-refractivity contribution in [2.24, 2.45) is 0 Å². The van der Waals surface area contributed by atoms with Crippen molar-refractivity contribution in [2.75, 3.05) is 13.2 Å². The number of hydrogen-bond donors (Lipinski definition) is 3. The molecule has 3 aromatic carbocycles. The second-order valence-corrected chi connectivity index (χ2v) is 7.73. The zero-order valence-corrected chi connectivity index (χ0v) is 14.9. The van der Waals surface area contributed by atoms with Gasteiger partial charge in [0.05, 0.1) is 18.8 Å². The van der Waals surface area contributed by atoms with E-state index in [1.807, 2.05) is 6.92 Å². The van der Waals surface area contributed by atoms with Crippen LogP contribution in [0.4, 0.5) is 0 Å². The molecule has 4 aromatic rings. The summed E-state index contributed by atoms with van der Waals surface area (Å²) in [6.45, 7) is 2.25. The predicted molar refractivity (Wildman–Crippen MR) is 106 cm³/mol. The van der Waals surface area contributed by atoms with Gasteiger partial charge in [0, 0.05) is 22.2 Å². The number of nitrogens with one attached hydrogen (secondary N) is 1. The molecule has 0 aliphatic rings. The highest BCUT2D eigenvalue weighted by Crippen LogP contribution is 2.39. The van der Waals surface area contributed by atoms with Crippen molar-refractivity contribution in [1.29, 1.82) is 0 Å². The molecule has 4 heteroatoms. The number of thiophene rings is 1. The molecule has 0 aliphatic carbocycles. The van der Waals surface area contributed by atoms with Crippen LogP contribution in [0.2, 0.25) is 0 Å². The van der Waals surface area contributed by atoms with Crippen LogP contribution in [-0.4, -0.2) is 29.0 Å². The molecule has 0 amide bonds. The average Bonchev–Trinajstić information content (AvgIpc) is 3.11. The fourth-order valence-corrected chi connectivity index (χ4v) is 4.36. The fourth-order valence-electron chi connectivity index (χ4n) is 3.37. The van der Waals surface area contributed by atoms with Gasteiger partial charge in [-0.1, -0.05) is 48.5 Å². The minimum Gasteiger partial charge on any atom is -0.394 e. The second kappa shape index (κ2) is 6.39. The van der Waals surface area contributed by atoms with E-state index in [0.717, 1.165) is 0 Å². The van der Waals surface area contributed by atoms with E-state index in [2.05, 4.69) is 59.2 Å². The average molecular weight is 351 g/mol. The van der Waals surface area contributed by atoms with Gasteiger partial charge in [-0.05, 0) is 33.8 Å². The van der Waals surface area contributed by atoms with Crippen molar-refractivity contribution in [3.8, 4) is 0 Å². The van der Waals surface area contributed by atoms with Gasteiger partial charge in [0.25, 0.3) is 0 Å². The third-order valence-corrected chi connectivity index (χ3v) is 5.93. The van der Waals surface area contributed by atoms with E-state index in [0.29, 0.717) is 6.54 Å². The first-order valence-electron chi connectivity index (χ1n) is 8.43. The first-order chi connectivity index (χ1) is 12.2. The summed E-state index contributed by atoms with van der Waals surface area (Å²) in [5.74, 6) is 0. The van der Waals surface area contributed by atoms with Crippen molar-refractivity contribution in [3.63, 3.8) is 0 Å². The van der Waals surface area contributed by atoms with E-state index in [9.17, 15) is 10.2 Å². The fraction of sp³-hybridized carbons (Fsp3) is 0.238. The van der Waals surface area contributed by atoms with Crippen molar-refractivity contribution < 1.29 is 10.2 Å². The van der Waals surface area contributed by atoms with E-state index >= 15 is 0 Å². The van der Waals surface area contributed by atoms with Crippen LogP contribution in [0, 0.1) is 0 Å². The Bertz CT molecular complexity index is 1050. The molecular formula is C21H21NO2S. The summed E-state index contributed by atoms with van der Waals surface area (Å²) in [7, 11) is 0. The summed E-state index contributed by atoms with van der Waals surface area (Å²) in [6.07, 6.45) is 0. The quantitative estimate of drug-likeness (QED) is 0.476. The maximum Gasteiger partial charge on any atom is 0.0633 e. The third-order valence-electron chi connectivity index (χ3n) is 4.94. The molecule has 128 valence electrons. The Labute approximate surface area is 150 Å². The zero-order valence-electron chi connectivity index (χ0n) is 14.1. The molecule has 0 aliphatic heterocycles. The van der Waals surface area contributed by atoms with Gasteiger partial charge < -0.3 is 15.5 Å². The Hall–Kier alpha value is -1.98. The first-order valence-corrected chi connectivity index (χ1v) is 9.31. The van der Waals surface area contributed by atoms with Crippen molar-refractivity contribution >= 4 is 43.7 Å². The molecule has 0 unspecified atom stereocenters. The monoisotopic (exact) mass is 351 g/mol. The number of hydrogen-bond acceptors (Lipinski definition) is 4. The molecule has 1 aromatic heterocycles. The molecule has 3 nitrogen and oxygen atoms in total. The van der Waals surface area contributed by atoms with Gasteiger partial charge in [0.15, 0.2) is 0 Å². The summed E-state index contributed by atoms with van der Waals surface area (Å²) >= 11 is 1.73. The maximum absolute atomic E-state index is 9.52. The van der Waals surface area contributed by atoms with Gasteiger partial charge in [0.1, 0.15) is 0 Å². The van der Waals surface area contributed by atoms with Crippen molar-refractivity contribution in [1.82, 2.24) is 5.32 Å². The van der Waals surface area contributed by atoms with Gasteiger partial charge >= 0.3 is 0 Å². The molecule has 0 fully saturated rings. The van der Waals surface area contributed by atoms with Gasteiger partial charge in [-0.15, -0.1) is 11.3 Å². The first kappa shape index (κ1) is 16.5. The summed E-state index contributed by atoms with van der Waals surface area (Å²) in [5.41, 5.74) is -0.678. The van der Waals surface area contributed by atoms with Crippen LogP contribution >= 0.6 is 11.3 Å². The standard InChI is InChI=1S/C21H21NO2S/c1-21(12-23,13-24)22-10-19-20-17-9-5-4-7-15(17)14-6-2-3-8-16(14)18(20)11-25-19/h2-9,11,22-24H,10,12-13H2,1H3. The lowest BCUT2D eigenvalue weighted by molar-refractivity contribution is 0.103. The minimum absolute atomic E-state index is 0.101. The predicted octanol–water partition coefficient (Wildman–Crippen LogP) is 4.04. The second-order valence-electron chi connectivity index (χ2n) is 6.77. The summed E-state index contributed by atoms with van der Waals surface area (Å²) in [4.78, 5) is 1.23. The number of fused-ring (bicyclic) bond motifs is 6. The Kier molecular flexibility index (Phi) is 4.21. The van der Waals surface area contributed by atoms with Gasteiger partial charge in [0.2, 0.25) is 0 Å². The third kappa shape index (κ3) is 2.71. The molecule has 0 saturated carbocycles. The van der Waals surface area contributed by atoms with E-state index in [1.165, 1.54) is 37.2 Å². The number of benzene rings is 3. The van der Waals surface area contributed by atoms with Crippen LogP contribution in [0.15, 0.2) is 53.9 Å². The Morgan fingerprint density at radius 2 is 1.36 bits per heavy atom. The smallest absolute Gasteiger partial charge is 0.0633 e. The molecule has 0 atom stereocenters. The van der Waals surface area contributed by atoms with Gasteiger partial charge in [-0.25, -0.2) is 0 Å². The summed E-state index contributed by atoms with van der Waals surface area (Å²) in [6, 6.07) is 17.1. The van der Waals surface area contributed by atoms with E-state index in [-0.39, 0.29) is 13.2 Å². The molecule has 1 heterocycles. The van der Waals surface area contributed by atoms with Crippen LogP contribution in [0.25, 0.3) is 32.3 Å². The zero-order chi connectivity index (χ0) is 17.4. The summed E-state index contributed by atoms with van der Waals surface area (Å²) < 4.78 is 0. The highest BCUT2D eigenvalue weighted by atomic mass is 32.1. The number of rotatable bonds is 5. The molecule has 0 spiro atoms. The lowest BCUT2D eigenvalue weighted by Gasteiger charge is -2.26. The summed E-state index contributed by atoms with van der Waals surface area (Å²) in [5, 5.41) is 32.2. The normalized spacial score (nSPS) is 12.4. The van der Waals surface area contributed by atoms with Gasteiger partial charge in [-0.2, -0.15) is 0 Å². The van der Waals surface area contributed by atoms with Crippen LogP contribution in [0.3, 0.4) is 0 Å². The molecule has 4 rings (SSSR count). The molecule has 0 radical (unpaired) electrons. The topological polar surface area (TPSA) is 52.5 Å². The van der Waals surface area contributed by atoms with Crippen molar-refractivity contribution in [3.05, 3.63) is 58.8 Å². The van der Waals surface area contributed by atoms with E-state index in [1.54, 1.807) is 11.3 Å². The largest absolute Gasteiger partial charge is 0.394 e. The number of aliphatic hydroxyl groups is 2. The minimum atomic E-state index is -0.678. The molecule has 0 bridgehead atoms. The van der Waals surface area contributed by atoms with Crippen LogP contribution in [0.1, 0.15) is 11.8 Å². The maximum atomic E-state index is 9.52. The van der Waals surface area contributed by atoms with E-state index in [4.69, 9.17) is 0 Å². The number of aliphatic hydroxyl groups excluding tert-OH is 2. The molecule has 0 saturated heterocycles. The van der Waals surface area contributed by atoms with Crippen LogP contribution < -0.4 is 5.32 Å². The van der Waals surface area contributed by atoms with Crippen LogP contribution in [0.5, 0.6) is 0 Å². The lowest BCUT2D eigenvalue weighted by Crippen LogP contribution is -2.48. The highest BCUT2D eigenvalue weighted by Gasteiger charge is 2.22. The molecule has 25 heavy (non-hydrogen) atoms. The lowest BCUT2D eigenvalue weighted by atomic mass is 9.95.